The van der Waals surface area contributed by atoms with Gasteiger partial charge in [-0.15, -0.1) is 0 Å². The van der Waals surface area contributed by atoms with E-state index in [1.165, 1.54) is 0 Å². The fraction of sp³-hybridized carbons (Fsp3) is 0.300. The van der Waals surface area contributed by atoms with Gasteiger partial charge in [0.1, 0.15) is 12.2 Å². The number of carbonyl (C=O) groups is 1. The van der Waals surface area contributed by atoms with Crippen LogP contribution in [0.25, 0.3) is 16.9 Å². The molecule has 26 heavy (non-hydrogen) atoms. The average Bonchev–Trinajstić information content (AvgIpc) is 3.01. The molecule has 0 unspecified atom stereocenters. The second-order valence-electron chi connectivity index (χ2n) is 6.23. The van der Waals surface area contributed by atoms with E-state index in [0.717, 1.165) is 46.9 Å². The van der Waals surface area contributed by atoms with E-state index in [1.807, 2.05) is 29.0 Å². The first-order chi connectivity index (χ1) is 12.7. The van der Waals surface area contributed by atoms with Crippen LogP contribution in [-0.2, 0) is 17.6 Å². The monoisotopic (exact) mass is 348 g/mol. The predicted molar refractivity (Wildman–Crippen MR) is 97.3 cm³/mol. The van der Waals surface area contributed by atoms with E-state index in [-0.39, 0.29) is 0 Å². The number of esters is 1. The van der Waals surface area contributed by atoms with Gasteiger partial charge in [-0.25, -0.2) is 19.7 Å². The Bertz CT molecular complexity index is 978. The molecule has 0 bridgehead atoms. The molecule has 1 aliphatic rings. The van der Waals surface area contributed by atoms with E-state index in [9.17, 15) is 4.79 Å². The van der Waals surface area contributed by atoms with E-state index >= 15 is 0 Å². The fourth-order valence-electron chi connectivity index (χ4n) is 3.33. The van der Waals surface area contributed by atoms with Crippen LogP contribution < -0.4 is 0 Å². The number of aromatic nitrogens is 4. The maximum absolute atomic E-state index is 12.3. The van der Waals surface area contributed by atoms with E-state index < -0.39 is 5.97 Å². The smallest absolute Gasteiger partial charge is 0.358 e. The Morgan fingerprint density at radius 2 is 2.08 bits per heavy atom. The highest BCUT2D eigenvalue weighted by atomic mass is 16.5. The van der Waals surface area contributed by atoms with Gasteiger partial charge in [0.2, 0.25) is 0 Å². The molecule has 0 spiro atoms. The number of rotatable bonds is 4. The van der Waals surface area contributed by atoms with Crippen LogP contribution in [-0.4, -0.2) is 32.1 Å². The molecule has 0 radical (unpaired) electrons. The van der Waals surface area contributed by atoms with Gasteiger partial charge in [0.05, 0.1) is 23.7 Å². The number of hydrogen-bond donors (Lipinski definition) is 0. The molecule has 3 aromatic rings. The van der Waals surface area contributed by atoms with Gasteiger partial charge in [-0.05, 0) is 19.4 Å². The summed E-state index contributed by atoms with van der Waals surface area (Å²) in [5.41, 5.74) is 5.06. The van der Waals surface area contributed by atoms with Crippen LogP contribution in [0.4, 0.5) is 0 Å². The molecule has 0 atom stereocenters. The third-order valence-electron chi connectivity index (χ3n) is 4.50. The summed E-state index contributed by atoms with van der Waals surface area (Å²) in [5, 5.41) is 0. The largest absolute Gasteiger partial charge is 0.461 e. The minimum absolute atomic E-state index is 0.321. The van der Waals surface area contributed by atoms with Gasteiger partial charge in [-0.1, -0.05) is 25.1 Å². The zero-order valence-electron chi connectivity index (χ0n) is 14.9. The molecule has 3 heterocycles. The topological polar surface area (TPSA) is 69.9 Å². The Morgan fingerprint density at radius 3 is 2.88 bits per heavy atom. The lowest BCUT2D eigenvalue weighted by Crippen LogP contribution is -2.10. The van der Waals surface area contributed by atoms with Crippen molar-refractivity contribution in [2.24, 2.45) is 0 Å². The van der Waals surface area contributed by atoms with Crippen molar-refractivity contribution in [2.75, 3.05) is 6.61 Å². The van der Waals surface area contributed by atoms with E-state index in [2.05, 4.69) is 23.0 Å². The normalized spacial score (nSPS) is 11.9. The first kappa shape index (κ1) is 16.4. The maximum Gasteiger partial charge on any atom is 0.358 e. The molecule has 6 nitrogen and oxygen atoms in total. The Kier molecular flexibility index (Phi) is 4.24. The van der Waals surface area contributed by atoms with Gasteiger partial charge >= 0.3 is 5.97 Å². The quantitative estimate of drug-likeness (QED) is 0.529. The average molecular weight is 348 g/mol. The standard InChI is InChI=1S/C20H20N4O2/c1-3-7-17-21-11-13-10-16-19(20(25)26-4-2)22-12-24(16)15-9-6-5-8-14(15)18(13)23-17/h5-6,8-9,11-12H,3-4,7,10H2,1-2H3. The third kappa shape index (κ3) is 2.67. The summed E-state index contributed by atoms with van der Waals surface area (Å²) < 4.78 is 7.14. The number of para-hydroxylation sites is 1. The van der Waals surface area contributed by atoms with Crippen LogP contribution >= 0.6 is 0 Å². The number of aryl methyl sites for hydroxylation is 1. The molecule has 1 aromatic carbocycles. The number of fused-ring (bicyclic) bond motifs is 5. The van der Waals surface area contributed by atoms with Gasteiger partial charge in [0, 0.05) is 30.2 Å². The molecule has 6 heteroatoms. The lowest BCUT2D eigenvalue weighted by molar-refractivity contribution is 0.0519. The summed E-state index contributed by atoms with van der Waals surface area (Å²) in [6.45, 7) is 4.23. The second-order valence-corrected chi connectivity index (χ2v) is 6.23. The number of ether oxygens (including phenoxy) is 1. The molecule has 1 aliphatic heterocycles. The number of carbonyl (C=O) groups excluding carboxylic acids is 1. The second kappa shape index (κ2) is 6.71. The molecule has 2 aromatic heterocycles. The Balaban J connectivity index is 1.92. The van der Waals surface area contributed by atoms with Crippen molar-refractivity contribution in [3.8, 4) is 16.9 Å². The molecule has 0 saturated heterocycles. The van der Waals surface area contributed by atoms with Crippen LogP contribution in [0.2, 0.25) is 0 Å². The molecule has 0 fully saturated rings. The van der Waals surface area contributed by atoms with Gasteiger partial charge < -0.3 is 9.30 Å². The van der Waals surface area contributed by atoms with Gasteiger partial charge in [0.25, 0.3) is 0 Å². The van der Waals surface area contributed by atoms with E-state index in [0.29, 0.717) is 18.7 Å². The van der Waals surface area contributed by atoms with Crippen molar-refractivity contribution in [3.05, 3.63) is 59.6 Å². The summed E-state index contributed by atoms with van der Waals surface area (Å²) in [5.74, 6) is 0.446. The van der Waals surface area contributed by atoms with Gasteiger partial charge in [-0.3, -0.25) is 0 Å². The van der Waals surface area contributed by atoms with Crippen LogP contribution in [0.15, 0.2) is 36.8 Å². The van der Waals surface area contributed by atoms with Crippen molar-refractivity contribution >= 4 is 5.97 Å². The molecule has 0 amide bonds. The number of hydrogen-bond acceptors (Lipinski definition) is 5. The number of nitrogens with zero attached hydrogens (tertiary/aromatic N) is 4. The lowest BCUT2D eigenvalue weighted by atomic mass is 10.0. The van der Waals surface area contributed by atoms with Crippen molar-refractivity contribution in [2.45, 2.75) is 33.1 Å². The predicted octanol–water partition coefficient (Wildman–Crippen LogP) is 3.36. The molecule has 132 valence electrons. The minimum Gasteiger partial charge on any atom is -0.461 e. The van der Waals surface area contributed by atoms with Gasteiger partial charge in [0.15, 0.2) is 5.69 Å². The first-order valence-electron chi connectivity index (χ1n) is 8.90. The summed E-state index contributed by atoms with van der Waals surface area (Å²) in [6, 6.07) is 8.05. The van der Waals surface area contributed by atoms with Crippen molar-refractivity contribution < 1.29 is 9.53 Å². The van der Waals surface area contributed by atoms with Crippen LogP contribution in [0.1, 0.15) is 47.8 Å². The summed E-state index contributed by atoms with van der Waals surface area (Å²) in [4.78, 5) is 26.0. The van der Waals surface area contributed by atoms with Crippen LogP contribution in [0.5, 0.6) is 0 Å². The number of benzene rings is 1. The minimum atomic E-state index is -0.397. The van der Waals surface area contributed by atoms with E-state index in [4.69, 9.17) is 9.72 Å². The molecule has 0 saturated carbocycles. The summed E-state index contributed by atoms with van der Waals surface area (Å²) in [6.07, 6.45) is 5.94. The summed E-state index contributed by atoms with van der Waals surface area (Å²) >= 11 is 0. The lowest BCUT2D eigenvalue weighted by Gasteiger charge is -2.10. The van der Waals surface area contributed by atoms with Crippen molar-refractivity contribution in [1.29, 1.82) is 0 Å². The van der Waals surface area contributed by atoms with E-state index in [1.54, 1.807) is 13.3 Å². The van der Waals surface area contributed by atoms with Crippen molar-refractivity contribution in [1.82, 2.24) is 19.5 Å². The van der Waals surface area contributed by atoms with Crippen LogP contribution in [0, 0.1) is 0 Å². The first-order valence-corrected chi connectivity index (χ1v) is 8.90. The molecular weight excluding hydrogens is 328 g/mol. The Hall–Kier alpha value is -3.02. The SMILES string of the molecule is CCCc1ncc2c(n1)-c1ccccc1-n1cnc(C(=O)OCC)c1C2. The van der Waals surface area contributed by atoms with Gasteiger partial charge in [-0.2, -0.15) is 0 Å². The maximum atomic E-state index is 12.3. The Morgan fingerprint density at radius 1 is 1.23 bits per heavy atom. The van der Waals surface area contributed by atoms with Crippen LogP contribution in [0.3, 0.4) is 0 Å². The highest BCUT2D eigenvalue weighted by Gasteiger charge is 2.26. The molecule has 0 N–H and O–H groups in total. The van der Waals surface area contributed by atoms with Crippen molar-refractivity contribution in [3.63, 3.8) is 0 Å². The highest BCUT2D eigenvalue weighted by molar-refractivity contribution is 5.89. The molecule has 4 rings (SSSR count). The summed E-state index contributed by atoms with van der Waals surface area (Å²) in [7, 11) is 0. The molecular formula is C20H20N4O2. The molecule has 0 aliphatic carbocycles. The Labute approximate surface area is 151 Å². The zero-order valence-corrected chi connectivity index (χ0v) is 14.9. The zero-order chi connectivity index (χ0) is 18.1. The highest BCUT2D eigenvalue weighted by Crippen LogP contribution is 2.34. The fourth-order valence-corrected chi connectivity index (χ4v) is 3.33. The number of imidazole rings is 1. The third-order valence-corrected chi connectivity index (χ3v) is 4.50.